The molecule has 1 N–H and O–H groups in total. The van der Waals surface area contributed by atoms with Gasteiger partial charge in [-0.25, -0.2) is 22.9 Å². The first-order valence-corrected chi connectivity index (χ1v) is 11.6. The number of hydrogen-bond acceptors (Lipinski definition) is 7. The lowest BCUT2D eigenvalue weighted by Crippen LogP contribution is -2.43. The number of sulfone groups is 1. The number of imide groups is 1. The van der Waals surface area contributed by atoms with Crippen molar-refractivity contribution in [2.24, 2.45) is 0 Å². The van der Waals surface area contributed by atoms with Crippen molar-refractivity contribution in [1.29, 1.82) is 0 Å². The average molecular weight is 514 g/mol. The minimum absolute atomic E-state index is 0.101. The largest absolute Gasteiger partial charge is 0.501 e. The molecule has 2 aromatic rings. The van der Waals surface area contributed by atoms with Gasteiger partial charge in [-0.1, -0.05) is 0 Å². The summed E-state index contributed by atoms with van der Waals surface area (Å²) in [4.78, 5) is 43.0. The normalized spacial score (nSPS) is 15.9. The number of benzene rings is 1. The van der Waals surface area contributed by atoms with Gasteiger partial charge >= 0.3 is 17.6 Å². The molecule has 10 nitrogen and oxygen atoms in total. The third-order valence-electron chi connectivity index (χ3n) is 5.29. The second-order valence-corrected chi connectivity index (χ2v) is 9.83. The summed E-state index contributed by atoms with van der Waals surface area (Å²) in [5, 5.41) is 2.51. The molecule has 1 aromatic heterocycles. The van der Waals surface area contributed by atoms with Crippen LogP contribution in [-0.2, 0) is 25.9 Å². The molecule has 3 rings (SSSR count). The number of urea groups is 1. The summed E-state index contributed by atoms with van der Waals surface area (Å²) in [5.41, 5.74) is -6.28. The van der Waals surface area contributed by atoms with Gasteiger partial charge in [-0.3, -0.25) is 15.1 Å². The van der Waals surface area contributed by atoms with Crippen LogP contribution in [0.25, 0.3) is 0 Å². The molecule has 0 atom stereocenters. The van der Waals surface area contributed by atoms with Crippen LogP contribution in [0.3, 0.4) is 0 Å². The fraction of sp³-hybridized carbons (Fsp3) is 0.333. The SMILES string of the molecule is CCOC(=O)Nc1cnccc1CN1C(=O)N(c2ccc(S(=O)(=O)C(F)(F)F)cc2)C(=O)C1(C)C. The molecule has 35 heavy (non-hydrogen) atoms. The summed E-state index contributed by atoms with van der Waals surface area (Å²) in [5.74, 6) is -0.678. The van der Waals surface area contributed by atoms with Crippen LogP contribution in [0, 0.1) is 0 Å². The van der Waals surface area contributed by atoms with E-state index in [1.165, 1.54) is 37.2 Å². The summed E-state index contributed by atoms with van der Waals surface area (Å²) in [6, 6.07) is 4.01. The third-order valence-corrected chi connectivity index (χ3v) is 6.79. The fourth-order valence-electron chi connectivity index (χ4n) is 3.36. The highest BCUT2D eigenvalue weighted by atomic mass is 32.2. The minimum atomic E-state index is -5.59. The number of nitrogens with zero attached hydrogens (tertiary/aromatic N) is 3. The molecule has 0 aliphatic carbocycles. The Kier molecular flexibility index (Phi) is 6.79. The molecule has 1 aliphatic rings. The van der Waals surface area contributed by atoms with Gasteiger partial charge in [0.05, 0.1) is 35.6 Å². The number of aromatic nitrogens is 1. The first kappa shape index (κ1) is 25.9. The zero-order valence-corrected chi connectivity index (χ0v) is 19.6. The van der Waals surface area contributed by atoms with Gasteiger partial charge in [0.15, 0.2) is 0 Å². The predicted octanol–water partition coefficient (Wildman–Crippen LogP) is 3.69. The molecule has 1 aliphatic heterocycles. The highest BCUT2D eigenvalue weighted by Crippen LogP contribution is 2.36. The van der Waals surface area contributed by atoms with E-state index in [0.29, 0.717) is 17.7 Å². The van der Waals surface area contributed by atoms with Crippen LogP contribution in [0.15, 0.2) is 47.6 Å². The number of carbonyl (C=O) groups is 3. The highest BCUT2D eigenvalue weighted by Gasteiger charge is 2.52. The first-order chi connectivity index (χ1) is 16.2. The van der Waals surface area contributed by atoms with Gasteiger partial charge in [0.25, 0.3) is 15.7 Å². The monoisotopic (exact) mass is 514 g/mol. The van der Waals surface area contributed by atoms with Crippen molar-refractivity contribution in [2.75, 3.05) is 16.8 Å². The molecule has 0 unspecified atom stereocenters. The number of halogens is 3. The summed E-state index contributed by atoms with van der Waals surface area (Å²) in [7, 11) is -5.59. The quantitative estimate of drug-likeness (QED) is 0.583. The van der Waals surface area contributed by atoms with Gasteiger partial charge in [-0.2, -0.15) is 13.2 Å². The molecule has 1 fully saturated rings. The zero-order valence-electron chi connectivity index (χ0n) is 18.8. The number of pyridine rings is 1. The Morgan fingerprint density at radius 2 is 1.77 bits per heavy atom. The van der Waals surface area contributed by atoms with Crippen LogP contribution < -0.4 is 10.2 Å². The van der Waals surface area contributed by atoms with Crippen LogP contribution in [0.1, 0.15) is 26.3 Å². The van der Waals surface area contributed by atoms with E-state index in [1.54, 1.807) is 6.92 Å². The smallest absolute Gasteiger partial charge is 0.450 e. The molecule has 4 amide bonds. The topological polar surface area (TPSA) is 126 Å². The lowest BCUT2D eigenvalue weighted by molar-refractivity contribution is -0.123. The van der Waals surface area contributed by atoms with Gasteiger partial charge in [0.1, 0.15) is 5.54 Å². The number of nitrogens with one attached hydrogen (secondary N) is 1. The van der Waals surface area contributed by atoms with E-state index < -0.39 is 43.8 Å². The van der Waals surface area contributed by atoms with Crippen LogP contribution in [0.2, 0.25) is 0 Å². The molecule has 0 bridgehead atoms. The number of anilines is 2. The van der Waals surface area contributed by atoms with E-state index >= 15 is 0 Å². The van der Waals surface area contributed by atoms with Crippen molar-refractivity contribution in [3.05, 3.63) is 48.3 Å². The van der Waals surface area contributed by atoms with Crippen molar-refractivity contribution in [1.82, 2.24) is 9.88 Å². The molecule has 0 radical (unpaired) electrons. The van der Waals surface area contributed by atoms with Crippen LogP contribution >= 0.6 is 0 Å². The maximum absolute atomic E-state index is 13.2. The molecular formula is C21H21F3N4O6S. The summed E-state index contributed by atoms with van der Waals surface area (Å²) in [6.45, 7) is 4.59. The first-order valence-electron chi connectivity index (χ1n) is 10.2. The summed E-state index contributed by atoms with van der Waals surface area (Å²) < 4.78 is 66.5. The Labute approximate surface area is 198 Å². The lowest BCUT2D eigenvalue weighted by Gasteiger charge is -2.28. The molecule has 0 saturated carbocycles. The number of amides is 4. The zero-order chi connectivity index (χ0) is 26.2. The molecule has 1 aromatic carbocycles. The Morgan fingerprint density at radius 1 is 1.14 bits per heavy atom. The lowest BCUT2D eigenvalue weighted by atomic mass is 10.0. The van der Waals surface area contributed by atoms with Crippen molar-refractivity contribution < 1.29 is 40.7 Å². The van der Waals surface area contributed by atoms with E-state index in [9.17, 15) is 36.0 Å². The van der Waals surface area contributed by atoms with Gasteiger partial charge in [-0.15, -0.1) is 0 Å². The van der Waals surface area contributed by atoms with Gasteiger partial charge in [0.2, 0.25) is 0 Å². The predicted molar refractivity (Wildman–Crippen MR) is 117 cm³/mol. The van der Waals surface area contributed by atoms with Crippen LogP contribution in [0.5, 0.6) is 0 Å². The second-order valence-electron chi connectivity index (χ2n) is 7.89. The number of hydrogen-bond donors (Lipinski definition) is 1. The van der Waals surface area contributed by atoms with E-state index in [-0.39, 0.29) is 24.5 Å². The van der Waals surface area contributed by atoms with Crippen molar-refractivity contribution in [3.8, 4) is 0 Å². The van der Waals surface area contributed by atoms with Crippen LogP contribution in [-0.4, -0.2) is 54.0 Å². The molecule has 188 valence electrons. The van der Waals surface area contributed by atoms with Crippen molar-refractivity contribution in [3.63, 3.8) is 0 Å². The Bertz CT molecular complexity index is 1260. The molecule has 1 saturated heterocycles. The maximum atomic E-state index is 13.2. The molecule has 2 heterocycles. The Balaban J connectivity index is 1.91. The maximum Gasteiger partial charge on any atom is 0.501 e. The molecular weight excluding hydrogens is 493 g/mol. The number of carbonyl (C=O) groups excluding carboxylic acids is 3. The second kappa shape index (κ2) is 9.17. The molecule has 14 heteroatoms. The number of alkyl halides is 3. The van der Waals surface area contributed by atoms with Crippen molar-refractivity contribution >= 4 is 39.2 Å². The summed E-state index contributed by atoms with van der Waals surface area (Å²) in [6.07, 6.45) is 2.04. The van der Waals surface area contributed by atoms with Crippen molar-refractivity contribution in [2.45, 2.75) is 43.3 Å². The standard InChI is InChI=1S/C21H21F3N4O6S/c1-4-34-18(30)26-16-11-25-10-9-13(16)12-27-19(31)28(17(29)20(27,2)3)14-5-7-15(8-6-14)35(32,33)21(22,23)24/h5-11H,4,12H2,1-3H3,(H,26,30). The fourth-order valence-corrected chi connectivity index (χ4v) is 4.12. The highest BCUT2D eigenvalue weighted by molar-refractivity contribution is 7.92. The molecule has 0 spiro atoms. The van der Waals surface area contributed by atoms with E-state index in [4.69, 9.17) is 4.74 Å². The number of rotatable bonds is 6. The average Bonchev–Trinajstić information content (AvgIpc) is 2.94. The minimum Gasteiger partial charge on any atom is -0.450 e. The van der Waals surface area contributed by atoms with E-state index in [1.807, 2.05) is 0 Å². The Hall–Kier alpha value is -3.68. The summed E-state index contributed by atoms with van der Waals surface area (Å²) >= 11 is 0. The van der Waals surface area contributed by atoms with Gasteiger partial charge < -0.3 is 9.64 Å². The van der Waals surface area contributed by atoms with Gasteiger partial charge in [0, 0.05) is 6.20 Å². The Morgan fingerprint density at radius 3 is 2.34 bits per heavy atom. The van der Waals surface area contributed by atoms with E-state index in [2.05, 4.69) is 10.3 Å². The van der Waals surface area contributed by atoms with E-state index in [0.717, 1.165) is 17.0 Å². The number of ether oxygens (including phenoxy) is 1. The van der Waals surface area contributed by atoms with Crippen LogP contribution in [0.4, 0.5) is 34.1 Å². The van der Waals surface area contributed by atoms with Gasteiger partial charge in [-0.05, 0) is 56.7 Å². The third kappa shape index (κ3) is 4.78.